The van der Waals surface area contributed by atoms with Crippen LogP contribution in [0.5, 0.6) is 0 Å². The lowest BCUT2D eigenvalue weighted by molar-refractivity contribution is -0.126. The second-order valence-electron chi connectivity index (χ2n) is 3.05. The van der Waals surface area contributed by atoms with Crippen molar-refractivity contribution in [2.75, 3.05) is 6.61 Å². The number of carbonyl (C=O) groups excluding carboxylic acids is 2. The van der Waals surface area contributed by atoms with Gasteiger partial charge in [0.05, 0.1) is 6.61 Å². The summed E-state index contributed by atoms with van der Waals surface area (Å²) in [4.78, 5) is 21.0. The van der Waals surface area contributed by atoms with Crippen LogP contribution in [0.3, 0.4) is 0 Å². The molecule has 7 heteroatoms. The number of hydrogen-bond acceptors (Lipinski definition) is 5. The molecule has 0 aromatic heterocycles. The van der Waals surface area contributed by atoms with Crippen molar-refractivity contribution in [2.45, 2.75) is 31.3 Å². The SMILES string of the molecule is CC(=O)N[C@H](C=O)[C@@H](O)[C@H](F)[C@H](O)CO. The van der Waals surface area contributed by atoms with E-state index in [-0.39, 0.29) is 6.29 Å². The van der Waals surface area contributed by atoms with E-state index in [1.807, 2.05) is 5.32 Å². The first-order valence-electron chi connectivity index (χ1n) is 4.27. The number of amides is 1. The van der Waals surface area contributed by atoms with Gasteiger partial charge in [0, 0.05) is 6.92 Å². The van der Waals surface area contributed by atoms with Gasteiger partial charge in [0.25, 0.3) is 0 Å². The van der Waals surface area contributed by atoms with Crippen molar-refractivity contribution in [1.29, 1.82) is 0 Å². The van der Waals surface area contributed by atoms with Crippen LogP contribution in [0.25, 0.3) is 0 Å². The van der Waals surface area contributed by atoms with Gasteiger partial charge < -0.3 is 25.4 Å². The molecule has 0 bridgehead atoms. The van der Waals surface area contributed by atoms with Crippen LogP contribution in [-0.2, 0) is 9.59 Å². The molecule has 1 amide bonds. The van der Waals surface area contributed by atoms with E-state index in [9.17, 15) is 19.1 Å². The highest BCUT2D eigenvalue weighted by atomic mass is 19.1. The maximum atomic E-state index is 13.1. The van der Waals surface area contributed by atoms with Crippen molar-refractivity contribution < 1.29 is 29.3 Å². The Kier molecular flexibility index (Phi) is 5.99. The van der Waals surface area contributed by atoms with Crippen molar-refractivity contribution in [3.63, 3.8) is 0 Å². The van der Waals surface area contributed by atoms with Gasteiger partial charge >= 0.3 is 0 Å². The first kappa shape index (κ1) is 13.9. The van der Waals surface area contributed by atoms with Gasteiger partial charge in [-0.25, -0.2) is 4.39 Å². The molecule has 0 saturated carbocycles. The molecule has 4 atom stereocenters. The Labute approximate surface area is 85.7 Å². The average molecular weight is 223 g/mol. The fraction of sp³-hybridized carbons (Fsp3) is 0.750. The van der Waals surface area contributed by atoms with Gasteiger partial charge in [-0.05, 0) is 0 Å². The Hall–Kier alpha value is -1.05. The highest BCUT2D eigenvalue weighted by Crippen LogP contribution is 2.08. The molecule has 0 rings (SSSR count). The van der Waals surface area contributed by atoms with Crippen LogP contribution in [0.2, 0.25) is 0 Å². The fourth-order valence-electron chi connectivity index (χ4n) is 0.961. The zero-order valence-electron chi connectivity index (χ0n) is 8.13. The smallest absolute Gasteiger partial charge is 0.217 e. The highest BCUT2D eigenvalue weighted by Gasteiger charge is 2.32. The van der Waals surface area contributed by atoms with Crippen molar-refractivity contribution in [2.24, 2.45) is 0 Å². The van der Waals surface area contributed by atoms with Gasteiger partial charge in [-0.2, -0.15) is 0 Å². The third-order valence-electron chi connectivity index (χ3n) is 1.77. The third kappa shape index (κ3) is 4.32. The predicted octanol–water partition coefficient (Wildman–Crippen LogP) is -2.26. The van der Waals surface area contributed by atoms with Crippen LogP contribution in [0.4, 0.5) is 4.39 Å². The molecule has 0 aliphatic rings. The standard InChI is InChI=1S/C8H14FNO5/c1-4(13)10-5(2-11)8(15)7(9)6(14)3-12/h2,5-8,12,14-15H,3H2,1H3,(H,10,13)/t5-,6-,7-,8-/m1/s1. The van der Waals surface area contributed by atoms with Gasteiger partial charge in [0.1, 0.15) is 24.5 Å². The van der Waals surface area contributed by atoms with Gasteiger partial charge in [-0.1, -0.05) is 0 Å². The van der Waals surface area contributed by atoms with E-state index in [1.54, 1.807) is 0 Å². The third-order valence-corrected chi connectivity index (χ3v) is 1.77. The lowest BCUT2D eigenvalue weighted by Gasteiger charge is -2.24. The number of rotatable bonds is 6. The summed E-state index contributed by atoms with van der Waals surface area (Å²) in [6.45, 7) is 0.211. The molecule has 4 N–H and O–H groups in total. The number of alkyl halides is 1. The minimum Gasteiger partial charge on any atom is -0.394 e. The lowest BCUT2D eigenvalue weighted by atomic mass is 10.0. The molecule has 88 valence electrons. The van der Waals surface area contributed by atoms with E-state index in [0.717, 1.165) is 6.92 Å². The first-order valence-corrected chi connectivity index (χ1v) is 4.27. The van der Waals surface area contributed by atoms with Gasteiger partial charge in [0.2, 0.25) is 5.91 Å². The van der Waals surface area contributed by atoms with Crippen molar-refractivity contribution in [3.8, 4) is 0 Å². The molecule has 0 aromatic carbocycles. The van der Waals surface area contributed by atoms with Crippen molar-refractivity contribution in [3.05, 3.63) is 0 Å². The fourth-order valence-corrected chi connectivity index (χ4v) is 0.961. The Balaban J connectivity index is 4.42. The van der Waals surface area contributed by atoms with Crippen LogP contribution < -0.4 is 5.32 Å². The zero-order valence-corrected chi connectivity index (χ0v) is 8.13. The topological polar surface area (TPSA) is 107 Å². The number of aliphatic hydroxyl groups is 3. The van der Waals surface area contributed by atoms with E-state index in [4.69, 9.17) is 10.2 Å². The molecular formula is C8H14FNO5. The molecule has 0 unspecified atom stereocenters. The molecule has 0 radical (unpaired) electrons. The normalized spacial score (nSPS) is 18.7. The van der Waals surface area contributed by atoms with Crippen LogP contribution in [0.1, 0.15) is 6.92 Å². The van der Waals surface area contributed by atoms with Crippen LogP contribution in [0, 0.1) is 0 Å². The highest BCUT2D eigenvalue weighted by molar-refractivity contribution is 5.77. The van der Waals surface area contributed by atoms with E-state index >= 15 is 0 Å². The summed E-state index contributed by atoms with van der Waals surface area (Å²) in [5, 5.41) is 28.5. The Morgan fingerprint density at radius 1 is 1.53 bits per heavy atom. The summed E-state index contributed by atoms with van der Waals surface area (Å²) in [5.74, 6) is -0.614. The van der Waals surface area contributed by atoms with Crippen LogP contribution in [0.15, 0.2) is 0 Å². The van der Waals surface area contributed by atoms with Gasteiger partial charge in [-0.3, -0.25) is 4.79 Å². The van der Waals surface area contributed by atoms with Crippen molar-refractivity contribution >= 4 is 12.2 Å². The Morgan fingerprint density at radius 3 is 2.40 bits per heavy atom. The maximum Gasteiger partial charge on any atom is 0.217 e. The van der Waals surface area contributed by atoms with E-state index in [2.05, 4.69) is 0 Å². The Bertz CT molecular complexity index is 225. The number of hydrogen-bond donors (Lipinski definition) is 4. The summed E-state index contributed by atoms with van der Waals surface area (Å²) < 4.78 is 13.1. The lowest BCUT2D eigenvalue weighted by Crippen LogP contribution is -2.51. The minimum atomic E-state index is -2.21. The molecule has 15 heavy (non-hydrogen) atoms. The minimum absolute atomic E-state index is 0.155. The molecule has 0 aliphatic heterocycles. The molecular weight excluding hydrogens is 209 g/mol. The first-order chi connectivity index (χ1) is 6.93. The number of carbonyl (C=O) groups is 2. The van der Waals surface area contributed by atoms with E-state index < -0.39 is 36.9 Å². The molecule has 6 nitrogen and oxygen atoms in total. The summed E-state index contributed by atoms with van der Waals surface area (Å²) in [5.41, 5.74) is 0. The quantitative estimate of drug-likeness (QED) is 0.380. The second kappa shape index (κ2) is 6.44. The molecule has 0 fully saturated rings. The molecule has 0 aromatic rings. The number of halogens is 1. The van der Waals surface area contributed by atoms with Crippen molar-refractivity contribution in [1.82, 2.24) is 5.32 Å². The summed E-state index contributed by atoms with van der Waals surface area (Å²) in [6.07, 6.45) is -5.75. The predicted molar refractivity (Wildman–Crippen MR) is 47.7 cm³/mol. The molecule has 0 saturated heterocycles. The summed E-state index contributed by atoms with van der Waals surface area (Å²) in [6, 6.07) is -1.45. The van der Waals surface area contributed by atoms with E-state index in [0.29, 0.717) is 0 Å². The van der Waals surface area contributed by atoms with Crippen LogP contribution >= 0.6 is 0 Å². The molecule has 0 spiro atoms. The zero-order chi connectivity index (χ0) is 12.0. The largest absolute Gasteiger partial charge is 0.394 e. The summed E-state index contributed by atoms with van der Waals surface area (Å²) in [7, 11) is 0. The van der Waals surface area contributed by atoms with Crippen LogP contribution in [-0.4, -0.2) is 58.5 Å². The average Bonchev–Trinajstić information content (AvgIpc) is 2.22. The molecule has 0 heterocycles. The second-order valence-corrected chi connectivity index (χ2v) is 3.05. The monoisotopic (exact) mass is 223 g/mol. The van der Waals surface area contributed by atoms with Gasteiger partial charge in [0.15, 0.2) is 6.17 Å². The molecule has 0 aliphatic carbocycles. The van der Waals surface area contributed by atoms with E-state index in [1.165, 1.54) is 0 Å². The maximum absolute atomic E-state index is 13.1. The number of aliphatic hydroxyl groups excluding tert-OH is 3. The Morgan fingerprint density at radius 2 is 2.07 bits per heavy atom. The summed E-state index contributed by atoms with van der Waals surface area (Å²) >= 11 is 0. The number of aldehydes is 1. The van der Waals surface area contributed by atoms with Gasteiger partial charge in [-0.15, -0.1) is 0 Å². The number of nitrogens with one attached hydrogen (secondary N) is 1.